The van der Waals surface area contributed by atoms with Crippen molar-refractivity contribution < 1.29 is 4.79 Å². The molecule has 6 heteroatoms. The lowest BCUT2D eigenvalue weighted by molar-refractivity contribution is -0.127. The van der Waals surface area contributed by atoms with Gasteiger partial charge in [0.15, 0.2) is 5.96 Å². The predicted octanol–water partition coefficient (Wildman–Crippen LogP) is 2.61. The van der Waals surface area contributed by atoms with Crippen LogP contribution in [0, 0.1) is 5.92 Å². The van der Waals surface area contributed by atoms with Crippen molar-refractivity contribution in [2.75, 3.05) is 27.2 Å². The number of carbonyl (C=O) groups is 1. The zero-order valence-electron chi connectivity index (χ0n) is 14.7. The first-order valence-corrected chi connectivity index (χ1v) is 8.04. The molecule has 0 aromatic rings. The summed E-state index contributed by atoms with van der Waals surface area (Å²) in [7, 11) is 3.51. The Kier molecular flexibility index (Phi) is 10.0. The Bertz CT molecular complexity index is 358. The summed E-state index contributed by atoms with van der Waals surface area (Å²) in [5.74, 6) is 1.49. The van der Waals surface area contributed by atoms with E-state index in [0.29, 0.717) is 0 Å². The monoisotopic (exact) mass is 424 g/mol. The predicted molar refractivity (Wildman–Crippen MR) is 104 cm³/mol. The second kappa shape index (κ2) is 10.3. The van der Waals surface area contributed by atoms with Gasteiger partial charge in [0, 0.05) is 26.2 Å². The Morgan fingerprint density at radius 1 is 1.18 bits per heavy atom. The summed E-state index contributed by atoms with van der Waals surface area (Å²) in [6.07, 6.45) is 6.64. The molecule has 130 valence electrons. The number of guanidine groups is 1. The maximum atomic E-state index is 11.7. The first kappa shape index (κ1) is 21.5. The molecule has 0 spiro atoms. The average molecular weight is 424 g/mol. The molecule has 5 nitrogen and oxygen atoms in total. The van der Waals surface area contributed by atoms with Crippen molar-refractivity contribution >= 4 is 35.8 Å². The van der Waals surface area contributed by atoms with Crippen molar-refractivity contribution in [3.63, 3.8) is 0 Å². The van der Waals surface area contributed by atoms with Crippen LogP contribution in [-0.4, -0.2) is 49.5 Å². The summed E-state index contributed by atoms with van der Waals surface area (Å²) in [6, 6.07) is 0. The molecule has 0 radical (unpaired) electrons. The van der Waals surface area contributed by atoms with E-state index >= 15 is 0 Å². The fourth-order valence-corrected chi connectivity index (χ4v) is 2.42. The van der Waals surface area contributed by atoms with Crippen LogP contribution in [0.2, 0.25) is 0 Å². The molecule has 0 aromatic carbocycles. The highest BCUT2D eigenvalue weighted by atomic mass is 127. The third-order valence-corrected chi connectivity index (χ3v) is 3.65. The van der Waals surface area contributed by atoms with E-state index in [-0.39, 0.29) is 42.0 Å². The van der Waals surface area contributed by atoms with Crippen molar-refractivity contribution in [2.45, 2.75) is 58.4 Å². The van der Waals surface area contributed by atoms with Crippen LogP contribution < -0.4 is 10.6 Å². The average Bonchev–Trinajstić information content (AvgIpc) is 2.41. The number of nitrogens with one attached hydrogen (secondary N) is 2. The molecule has 1 amide bonds. The molecule has 2 N–H and O–H groups in total. The summed E-state index contributed by atoms with van der Waals surface area (Å²) in [4.78, 5) is 17.7. The molecular weight excluding hydrogens is 391 g/mol. The van der Waals surface area contributed by atoms with Gasteiger partial charge in [-0.1, -0.05) is 19.3 Å². The van der Waals surface area contributed by atoms with Crippen molar-refractivity contribution in [3.8, 4) is 0 Å². The molecule has 0 atom stereocenters. The molecule has 1 rings (SSSR count). The fourth-order valence-electron chi connectivity index (χ4n) is 2.42. The van der Waals surface area contributed by atoms with Gasteiger partial charge in [0.2, 0.25) is 5.91 Å². The highest BCUT2D eigenvalue weighted by Crippen LogP contribution is 2.22. The van der Waals surface area contributed by atoms with Gasteiger partial charge in [-0.3, -0.25) is 4.79 Å². The van der Waals surface area contributed by atoms with Crippen LogP contribution in [0.5, 0.6) is 0 Å². The number of halogens is 1. The largest absolute Gasteiger partial charge is 0.356 e. The minimum atomic E-state index is -0.0699. The SMILES string of the molecule is CN(C)C(=O)CN=C(NCC1CCCCC1)NC(C)(C)C.I. The molecular formula is C16H33IN4O. The third kappa shape index (κ3) is 9.48. The van der Waals surface area contributed by atoms with Crippen LogP contribution >= 0.6 is 24.0 Å². The molecule has 0 saturated heterocycles. The summed E-state index contributed by atoms with van der Waals surface area (Å²) < 4.78 is 0. The lowest BCUT2D eigenvalue weighted by Crippen LogP contribution is -2.49. The van der Waals surface area contributed by atoms with Crippen LogP contribution in [0.25, 0.3) is 0 Å². The first-order valence-electron chi connectivity index (χ1n) is 8.04. The van der Waals surface area contributed by atoms with Crippen molar-refractivity contribution in [2.24, 2.45) is 10.9 Å². The molecule has 0 unspecified atom stereocenters. The topological polar surface area (TPSA) is 56.7 Å². The van der Waals surface area contributed by atoms with E-state index in [2.05, 4.69) is 36.4 Å². The number of carbonyl (C=O) groups excluding carboxylic acids is 1. The molecule has 1 saturated carbocycles. The quantitative estimate of drug-likeness (QED) is 0.415. The summed E-state index contributed by atoms with van der Waals surface area (Å²) in [6.45, 7) is 7.41. The van der Waals surface area contributed by atoms with Gasteiger partial charge in [0.05, 0.1) is 0 Å². The Balaban J connectivity index is 0.00000441. The molecule has 1 aliphatic rings. The van der Waals surface area contributed by atoms with E-state index in [4.69, 9.17) is 0 Å². The van der Waals surface area contributed by atoms with Gasteiger partial charge in [0.1, 0.15) is 6.54 Å². The van der Waals surface area contributed by atoms with Gasteiger partial charge in [-0.05, 0) is 39.5 Å². The lowest BCUT2D eigenvalue weighted by Gasteiger charge is -2.27. The van der Waals surface area contributed by atoms with Gasteiger partial charge < -0.3 is 15.5 Å². The number of aliphatic imine (C=N–C) groups is 1. The maximum Gasteiger partial charge on any atom is 0.243 e. The Morgan fingerprint density at radius 3 is 2.27 bits per heavy atom. The molecule has 22 heavy (non-hydrogen) atoms. The third-order valence-electron chi connectivity index (χ3n) is 3.65. The van der Waals surface area contributed by atoms with Crippen LogP contribution in [0.15, 0.2) is 4.99 Å². The highest BCUT2D eigenvalue weighted by molar-refractivity contribution is 14.0. The van der Waals surface area contributed by atoms with Gasteiger partial charge in [0.25, 0.3) is 0 Å². The number of hydrogen-bond acceptors (Lipinski definition) is 2. The van der Waals surface area contributed by atoms with Crippen LogP contribution in [0.4, 0.5) is 0 Å². The lowest BCUT2D eigenvalue weighted by atomic mass is 9.89. The standard InChI is InChI=1S/C16H32N4O.HI/c1-16(2,3)19-15(18-12-14(21)20(4)5)17-11-13-9-7-6-8-10-13;/h13H,6-12H2,1-5H3,(H2,17,18,19);1H. The first-order chi connectivity index (χ1) is 9.78. The number of rotatable bonds is 4. The second-order valence-electron chi connectivity index (χ2n) is 7.21. The molecule has 1 aliphatic carbocycles. The van der Waals surface area contributed by atoms with Gasteiger partial charge in [-0.15, -0.1) is 24.0 Å². The van der Waals surface area contributed by atoms with E-state index in [1.807, 2.05) is 0 Å². The molecule has 0 aromatic heterocycles. The smallest absolute Gasteiger partial charge is 0.243 e. The number of likely N-dealkylation sites (N-methyl/N-ethyl adjacent to an activating group) is 1. The minimum absolute atomic E-state index is 0. The van der Waals surface area contributed by atoms with Crippen molar-refractivity contribution in [3.05, 3.63) is 0 Å². The summed E-state index contributed by atoms with van der Waals surface area (Å²) in [5, 5.41) is 6.77. The number of amides is 1. The van der Waals surface area contributed by atoms with E-state index < -0.39 is 0 Å². The normalized spacial score (nSPS) is 16.7. The Labute approximate surface area is 152 Å². The second-order valence-corrected chi connectivity index (χ2v) is 7.21. The van der Waals surface area contributed by atoms with Gasteiger partial charge in [-0.25, -0.2) is 4.99 Å². The highest BCUT2D eigenvalue weighted by Gasteiger charge is 2.16. The van der Waals surface area contributed by atoms with E-state index in [9.17, 15) is 4.79 Å². The maximum absolute atomic E-state index is 11.7. The van der Waals surface area contributed by atoms with Crippen LogP contribution in [0.3, 0.4) is 0 Å². The van der Waals surface area contributed by atoms with E-state index in [0.717, 1.165) is 18.4 Å². The number of nitrogens with zero attached hydrogens (tertiary/aromatic N) is 2. The summed E-state index contributed by atoms with van der Waals surface area (Å²) in [5.41, 5.74) is -0.0699. The van der Waals surface area contributed by atoms with Crippen molar-refractivity contribution in [1.82, 2.24) is 15.5 Å². The fraction of sp³-hybridized carbons (Fsp3) is 0.875. The van der Waals surface area contributed by atoms with E-state index in [1.165, 1.54) is 32.1 Å². The molecule has 0 heterocycles. The molecule has 1 fully saturated rings. The molecule has 0 bridgehead atoms. The number of hydrogen-bond donors (Lipinski definition) is 2. The van der Waals surface area contributed by atoms with Gasteiger partial charge in [-0.2, -0.15) is 0 Å². The van der Waals surface area contributed by atoms with Crippen molar-refractivity contribution in [1.29, 1.82) is 0 Å². The van der Waals surface area contributed by atoms with Crippen LogP contribution in [-0.2, 0) is 4.79 Å². The molecule has 0 aliphatic heterocycles. The van der Waals surface area contributed by atoms with Gasteiger partial charge >= 0.3 is 0 Å². The zero-order valence-corrected chi connectivity index (χ0v) is 17.1. The minimum Gasteiger partial charge on any atom is -0.356 e. The van der Waals surface area contributed by atoms with E-state index in [1.54, 1.807) is 19.0 Å². The van der Waals surface area contributed by atoms with Crippen LogP contribution in [0.1, 0.15) is 52.9 Å². The summed E-state index contributed by atoms with van der Waals surface area (Å²) >= 11 is 0. The Morgan fingerprint density at radius 2 is 1.77 bits per heavy atom. The zero-order chi connectivity index (χ0) is 15.9. The Hall–Kier alpha value is -0.530.